The van der Waals surface area contributed by atoms with Crippen LogP contribution in [0.25, 0.3) is 0 Å². The molecule has 0 atom stereocenters. The van der Waals surface area contributed by atoms with Crippen molar-refractivity contribution in [2.75, 3.05) is 0 Å². The summed E-state index contributed by atoms with van der Waals surface area (Å²) in [7, 11) is 3.80. The Labute approximate surface area is 211 Å². The predicted molar refractivity (Wildman–Crippen MR) is 153 cm³/mol. The fourth-order valence-electron chi connectivity index (χ4n) is 6.75. The zero-order valence-electron chi connectivity index (χ0n) is 24.4. The molecule has 0 spiro atoms. The zero-order valence-corrected chi connectivity index (χ0v) is 31.3. The average Bonchev–Trinajstić information content (AvgIpc) is 2.11. The predicted octanol–water partition coefficient (Wildman–Crippen LogP) is 10.3. The van der Waals surface area contributed by atoms with Crippen LogP contribution in [0.1, 0.15) is 125 Å². The van der Waals surface area contributed by atoms with E-state index in [1.54, 1.807) is 0 Å². The normalized spacial score (nSPS) is 14.1. The van der Waals surface area contributed by atoms with Crippen molar-refractivity contribution in [2.24, 2.45) is 0 Å². The quantitative estimate of drug-likeness (QED) is 0.245. The molecule has 0 N–H and O–H groups in total. The average molecular weight is 595 g/mol. The molecule has 0 aromatic carbocycles. The van der Waals surface area contributed by atoms with Crippen molar-refractivity contribution < 1.29 is 0 Å². The summed E-state index contributed by atoms with van der Waals surface area (Å²) < 4.78 is 0. The third-order valence-corrected chi connectivity index (χ3v) is 13.5. The van der Waals surface area contributed by atoms with Gasteiger partial charge in [0.05, 0.1) is 17.6 Å². The van der Waals surface area contributed by atoms with Crippen LogP contribution >= 0.6 is 10.0 Å². The van der Waals surface area contributed by atoms with Gasteiger partial charge in [-0.05, 0) is 30.2 Å². The fourth-order valence-corrected chi connectivity index (χ4v) is 20.2. The van der Waals surface area contributed by atoms with Crippen LogP contribution in [0.15, 0.2) is 0 Å². The van der Waals surface area contributed by atoms with E-state index in [4.69, 9.17) is 10.0 Å². The van der Waals surface area contributed by atoms with E-state index in [-0.39, 0.29) is 0 Å². The van der Waals surface area contributed by atoms with Crippen molar-refractivity contribution in [1.29, 1.82) is 0 Å². The van der Waals surface area contributed by atoms with Gasteiger partial charge in [0.15, 0.2) is 0 Å². The van der Waals surface area contributed by atoms with E-state index >= 15 is 0 Å². The van der Waals surface area contributed by atoms with E-state index in [1.807, 2.05) is 0 Å². The summed E-state index contributed by atoms with van der Waals surface area (Å²) >= 11 is 2.10. The molecule has 180 valence electrons. The van der Waals surface area contributed by atoms with Gasteiger partial charge < -0.3 is 0 Å². The molecule has 0 nitrogen and oxygen atoms in total. The summed E-state index contributed by atoms with van der Waals surface area (Å²) in [6.07, 6.45) is 0. The molecule has 0 aliphatic heterocycles. The Balaban J connectivity index is -0.000000412. The van der Waals surface area contributed by atoms with Crippen LogP contribution in [0.4, 0.5) is 0 Å². The van der Waals surface area contributed by atoms with Crippen LogP contribution in [0.5, 0.6) is 0 Å². The number of rotatable bonds is 0. The van der Waals surface area contributed by atoms with Gasteiger partial charge in [0.2, 0.25) is 0 Å². The van der Waals surface area contributed by atoms with E-state index in [1.165, 1.54) is 0 Å². The first-order valence-electron chi connectivity index (χ1n) is 11.4. The van der Waals surface area contributed by atoms with Gasteiger partial charge in [-0.2, -0.15) is 0 Å². The molecule has 0 unspecified atom stereocenters. The maximum absolute atomic E-state index is 5.44. The van der Waals surface area contributed by atoms with Gasteiger partial charge in [-0.1, -0.05) is 125 Å². The number of hydrogen-bond donors (Lipinski definition) is 0. The minimum atomic E-state index is -0.861. The molecule has 5 heteroatoms. The van der Waals surface area contributed by atoms with E-state index in [0.717, 1.165) is 0 Å². The molecule has 0 rings (SSSR count). The second-order valence-corrected chi connectivity index (χ2v) is 42.1. The van der Waals surface area contributed by atoms with E-state index in [0.29, 0.717) is 30.2 Å². The number of hydrogen-bond acceptors (Lipinski definition) is 0. The van der Waals surface area contributed by atoms with Crippen molar-refractivity contribution in [1.82, 2.24) is 0 Å². The van der Waals surface area contributed by atoms with Crippen LogP contribution in [0, 0.1) is 0 Å². The van der Waals surface area contributed by atoms with E-state index < -0.39 is 28.5 Å². The second-order valence-electron chi connectivity index (χ2n) is 14.8. The Morgan fingerprint density at radius 3 is 0.500 bits per heavy atom. The Bertz CT molecular complexity index is 390. The van der Waals surface area contributed by atoms with E-state index in [9.17, 15) is 0 Å². The van der Waals surface area contributed by atoms with Gasteiger partial charge in [0.1, 0.15) is 0 Å². The second kappa shape index (κ2) is 12.5. The number of halogens is 1. The van der Waals surface area contributed by atoms with Gasteiger partial charge in [0.25, 0.3) is 0 Å². The minimum absolute atomic E-state index is 0.391. The first-order chi connectivity index (χ1) is 12.5. The van der Waals surface area contributed by atoms with Crippen LogP contribution in [0.3, 0.4) is 0 Å². The van der Waals surface area contributed by atoms with Crippen molar-refractivity contribution in [2.45, 2.75) is 161 Å². The Hall–Kier alpha value is 1.81. The van der Waals surface area contributed by atoms with Crippen LogP contribution in [-0.4, -0.2) is 42.5 Å². The van der Waals surface area contributed by atoms with Gasteiger partial charge >= 0.3 is 40.7 Å². The Kier molecular flexibility index (Phi) is 15.2. The summed E-state index contributed by atoms with van der Waals surface area (Å²) in [5, 5.41) is 2.92. The molecule has 0 bridgehead atoms. The van der Waals surface area contributed by atoms with Gasteiger partial charge in [-0.3, -0.25) is 0 Å². The summed E-state index contributed by atoms with van der Waals surface area (Å²) in [4.78, 5) is 0. The van der Waals surface area contributed by atoms with Crippen molar-refractivity contribution in [3.8, 4) is 0 Å². The summed E-state index contributed by atoms with van der Waals surface area (Å²) in [5.41, 5.74) is 0. The van der Waals surface area contributed by atoms with Crippen LogP contribution in [-0.2, 0) is 0 Å². The zero-order chi connectivity index (χ0) is 25.7. The van der Waals surface area contributed by atoms with Gasteiger partial charge in [-0.25, -0.2) is 0 Å². The van der Waals surface area contributed by atoms with Crippen molar-refractivity contribution in [3.05, 3.63) is 0 Å². The molecule has 0 saturated heterocycles. The molecule has 0 saturated carbocycles. The molecule has 0 heterocycles. The van der Waals surface area contributed by atoms with Crippen molar-refractivity contribution in [3.63, 3.8) is 0 Å². The maximum atomic E-state index is 5.44. The topological polar surface area (TPSA) is 0 Å². The Morgan fingerprint density at radius 1 is 0.433 bits per heavy atom. The molecular weight excluding hydrogens is 537 g/mol. The molecule has 0 amide bonds. The molecular formula is C25H57ClGe2Si2. The van der Waals surface area contributed by atoms with Crippen LogP contribution < -0.4 is 0 Å². The third-order valence-electron chi connectivity index (χ3n) is 4.50. The first-order valence-corrected chi connectivity index (χ1v) is 25.8. The third kappa shape index (κ3) is 17.3. The molecule has 0 aromatic rings. The summed E-state index contributed by atoms with van der Waals surface area (Å²) in [5.74, 6) is 2.10. The molecule has 0 aliphatic rings. The van der Waals surface area contributed by atoms with Crippen LogP contribution in [0.2, 0.25) is 36.0 Å². The summed E-state index contributed by atoms with van der Waals surface area (Å²) in [6, 6.07) is 0. The fraction of sp³-hybridized carbons (Fsp3) is 1.00. The van der Waals surface area contributed by atoms with Crippen molar-refractivity contribution >= 4 is 52.5 Å². The molecule has 0 fully saturated rings. The Morgan fingerprint density at radius 2 is 0.500 bits per heavy atom. The first kappa shape index (κ1) is 36.4. The SMILES string of the molecule is CC(C)(C)[Si](C(C)(C)C)C(C)(C)C.CC(C)(C)[Si](C(C)(C)C)C(C)(C)C.[CH3][Ge]([Cl])=[Ge]. The molecule has 30 heavy (non-hydrogen) atoms. The molecule has 4 radical (unpaired) electrons. The van der Waals surface area contributed by atoms with E-state index in [2.05, 4.69) is 144 Å². The van der Waals surface area contributed by atoms with Gasteiger partial charge in [0, 0.05) is 0 Å². The monoisotopic (exact) mass is 596 g/mol. The standard InChI is InChI=1S/2C12H27Si.CH3ClGe2/c2*1-10(2,3)13(11(4,5)6)12(7,8)9;1-4(2)3/h2*1-9H3;1H3. The molecule has 0 aliphatic carbocycles. The van der Waals surface area contributed by atoms with Gasteiger partial charge in [-0.15, -0.1) is 0 Å². The summed E-state index contributed by atoms with van der Waals surface area (Å²) in [6.45, 7) is 43.2. The molecule has 0 aromatic heterocycles.